The zero-order valence-corrected chi connectivity index (χ0v) is 25.0. The van der Waals surface area contributed by atoms with Gasteiger partial charge in [-0.3, -0.25) is 9.59 Å². The molecule has 0 saturated carbocycles. The monoisotopic (exact) mass is 548 g/mol. The van der Waals surface area contributed by atoms with Gasteiger partial charge in [-0.15, -0.1) is 0 Å². The molecule has 10 heteroatoms. The minimum atomic E-state index is -0.740. The van der Waals surface area contributed by atoms with Crippen LogP contribution in [-0.4, -0.2) is 87.3 Å². The van der Waals surface area contributed by atoms with Crippen molar-refractivity contribution in [3.8, 4) is 0 Å². The molecule has 0 unspecified atom stereocenters. The normalized spacial score (nSPS) is 22.9. The summed E-state index contributed by atoms with van der Waals surface area (Å²) in [7, 11) is 0. The van der Waals surface area contributed by atoms with Gasteiger partial charge in [0, 0.05) is 35.0 Å². The number of carbonyl (C=O) groups is 2. The number of hydrogen-bond donors (Lipinski definition) is 6. The summed E-state index contributed by atoms with van der Waals surface area (Å²) in [5, 5.41) is 58.2. The van der Waals surface area contributed by atoms with Gasteiger partial charge < -0.3 is 30.8 Å². The van der Waals surface area contributed by atoms with Crippen LogP contribution in [0.5, 0.6) is 0 Å². The molecule has 0 aromatic carbocycles. The lowest BCUT2D eigenvalue weighted by molar-refractivity contribution is -0.257. The third-order valence-corrected chi connectivity index (χ3v) is 7.27. The van der Waals surface area contributed by atoms with E-state index in [0.717, 1.165) is 38.5 Å². The van der Waals surface area contributed by atoms with Gasteiger partial charge in [0.1, 0.15) is 0 Å². The number of hydrogen-bond acceptors (Lipinski definition) is 8. The van der Waals surface area contributed by atoms with Crippen molar-refractivity contribution in [2.24, 2.45) is 0 Å². The highest BCUT2D eigenvalue weighted by Crippen LogP contribution is 2.37. The number of nitrogens with zero attached hydrogens (tertiary/aromatic N) is 2. The van der Waals surface area contributed by atoms with Crippen molar-refractivity contribution in [1.82, 2.24) is 10.1 Å². The van der Waals surface area contributed by atoms with Gasteiger partial charge in [0.15, 0.2) is 0 Å². The van der Waals surface area contributed by atoms with Crippen molar-refractivity contribution in [2.75, 3.05) is 0 Å². The number of unbranched alkanes of at least 4 members (excludes halogenated alkanes) is 5. The Morgan fingerprint density at radius 3 is 0.974 bits per heavy atom. The van der Waals surface area contributed by atoms with Gasteiger partial charge in [-0.05, 0) is 93.9 Å². The van der Waals surface area contributed by atoms with E-state index in [4.69, 9.17) is 10.2 Å². The largest absolute Gasteiger partial charge is 0.481 e. The van der Waals surface area contributed by atoms with E-state index < -0.39 is 11.9 Å². The number of carboxylic acids is 2. The topological polar surface area (TPSA) is 162 Å². The van der Waals surface area contributed by atoms with Crippen LogP contribution in [0.2, 0.25) is 0 Å². The molecule has 2 rings (SSSR count). The molecular formula is C28H56N2O8. The fraction of sp³-hybridized carbons (Fsp3) is 0.929. The number of aliphatic hydroxyl groups is 2. The summed E-state index contributed by atoms with van der Waals surface area (Å²) in [5.41, 5.74) is -1.27. The predicted octanol–water partition coefficient (Wildman–Crippen LogP) is 5.06. The van der Waals surface area contributed by atoms with Gasteiger partial charge in [0.2, 0.25) is 0 Å². The van der Waals surface area contributed by atoms with E-state index in [1.54, 1.807) is 0 Å². The van der Waals surface area contributed by atoms with Crippen LogP contribution >= 0.6 is 0 Å². The molecule has 2 fully saturated rings. The third kappa shape index (κ3) is 13.7. The first-order valence-corrected chi connectivity index (χ1v) is 13.9. The maximum absolute atomic E-state index is 10.1. The van der Waals surface area contributed by atoms with Gasteiger partial charge >= 0.3 is 11.9 Å². The number of aliphatic hydroxyl groups excluding tert-OH is 2. The second-order valence-corrected chi connectivity index (χ2v) is 13.4. The van der Waals surface area contributed by atoms with Crippen molar-refractivity contribution >= 4 is 11.9 Å². The lowest BCUT2D eigenvalue weighted by Crippen LogP contribution is -2.60. The molecule has 0 aromatic heterocycles. The number of piperidine rings is 2. The molecule has 2 saturated heterocycles. The number of hydroxylamine groups is 4. The highest BCUT2D eigenvalue weighted by Gasteiger charge is 2.45. The fourth-order valence-electron chi connectivity index (χ4n) is 5.69. The summed E-state index contributed by atoms with van der Waals surface area (Å²) in [6.45, 7) is 15.5. The molecule has 0 bridgehead atoms. The summed E-state index contributed by atoms with van der Waals surface area (Å²) in [6, 6.07) is 0. The van der Waals surface area contributed by atoms with E-state index in [9.17, 15) is 30.2 Å². The second-order valence-electron chi connectivity index (χ2n) is 13.4. The van der Waals surface area contributed by atoms with Crippen molar-refractivity contribution in [2.45, 2.75) is 167 Å². The molecule has 2 heterocycles. The fourth-order valence-corrected chi connectivity index (χ4v) is 5.69. The van der Waals surface area contributed by atoms with Crippen molar-refractivity contribution in [1.29, 1.82) is 0 Å². The molecule has 10 nitrogen and oxygen atoms in total. The molecule has 0 amide bonds. The van der Waals surface area contributed by atoms with Gasteiger partial charge in [-0.2, -0.15) is 10.1 Å². The Balaban J connectivity index is 0.000000542. The second kappa shape index (κ2) is 15.5. The summed E-state index contributed by atoms with van der Waals surface area (Å²) < 4.78 is 0. The molecule has 38 heavy (non-hydrogen) atoms. The standard InChI is InChI=1S/C10H18O4.2C9H19NO2/c11-9(12)7-5-3-1-2-4-6-8-10(13)14;2*1-8(2)5-7(11)6-9(3,4)10(8)12/h1-8H2,(H,11,12)(H,13,14);2*7,11-12H,5-6H2,1-4H3. The maximum atomic E-state index is 10.1. The average molecular weight is 549 g/mol. The smallest absolute Gasteiger partial charge is 0.303 e. The van der Waals surface area contributed by atoms with Crippen LogP contribution in [0.4, 0.5) is 0 Å². The Morgan fingerprint density at radius 1 is 0.553 bits per heavy atom. The molecule has 0 atom stereocenters. The molecule has 6 N–H and O–H groups in total. The predicted molar refractivity (Wildman–Crippen MR) is 146 cm³/mol. The van der Waals surface area contributed by atoms with E-state index in [-0.39, 0.29) is 47.2 Å². The van der Waals surface area contributed by atoms with Gasteiger partial charge in [0.25, 0.3) is 0 Å². The molecule has 2 aliphatic rings. The Bertz CT molecular complexity index is 628. The van der Waals surface area contributed by atoms with E-state index >= 15 is 0 Å². The van der Waals surface area contributed by atoms with Crippen LogP contribution in [-0.2, 0) is 9.59 Å². The van der Waals surface area contributed by atoms with Crippen LogP contribution in [0.3, 0.4) is 0 Å². The maximum Gasteiger partial charge on any atom is 0.303 e. The van der Waals surface area contributed by atoms with Crippen LogP contribution in [0.25, 0.3) is 0 Å². The van der Waals surface area contributed by atoms with Crippen LogP contribution in [0.15, 0.2) is 0 Å². The van der Waals surface area contributed by atoms with E-state index in [0.29, 0.717) is 25.7 Å². The van der Waals surface area contributed by atoms with Gasteiger partial charge in [-0.25, -0.2) is 0 Å². The Labute approximate surface area is 229 Å². The minimum Gasteiger partial charge on any atom is -0.481 e. The molecule has 0 radical (unpaired) electrons. The summed E-state index contributed by atoms with van der Waals surface area (Å²) in [4.78, 5) is 20.3. The van der Waals surface area contributed by atoms with Crippen LogP contribution in [0.1, 0.15) is 132 Å². The molecule has 0 aliphatic carbocycles. The molecular weight excluding hydrogens is 492 g/mol. The van der Waals surface area contributed by atoms with Crippen molar-refractivity contribution in [3.63, 3.8) is 0 Å². The highest BCUT2D eigenvalue weighted by atomic mass is 16.5. The Hall–Kier alpha value is -1.30. The molecule has 2 aliphatic heterocycles. The Morgan fingerprint density at radius 2 is 0.763 bits per heavy atom. The highest BCUT2D eigenvalue weighted by molar-refractivity contribution is 5.66. The molecule has 0 aromatic rings. The molecule has 0 spiro atoms. The molecule has 226 valence electrons. The van der Waals surface area contributed by atoms with Crippen molar-refractivity contribution in [3.05, 3.63) is 0 Å². The summed E-state index contributed by atoms with van der Waals surface area (Å²) >= 11 is 0. The van der Waals surface area contributed by atoms with Crippen LogP contribution < -0.4 is 0 Å². The number of rotatable bonds is 9. The first-order valence-electron chi connectivity index (χ1n) is 13.9. The lowest BCUT2D eigenvalue weighted by atomic mass is 9.80. The quantitative estimate of drug-likeness (QED) is 0.215. The average Bonchev–Trinajstić information content (AvgIpc) is 2.71. The number of aliphatic carboxylic acids is 2. The first kappa shape index (κ1) is 36.7. The van der Waals surface area contributed by atoms with E-state index in [1.165, 1.54) is 10.1 Å². The third-order valence-electron chi connectivity index (χ3n) is 7.27. The Kier molecular flexibility index (Phi) is 14.9. The van der Waals surface area contributed by atoms with E-state index in [2.05, 4.69) is 0 Å². The zero-order chi connectivity index (χ0) is 29.9. The summed E-state index contributed by atoms with van der Waals surface area (Å²) in [5.74, 6) is -1.48. The lowest BCUT2D eigenvalue weighted by Gasteiger charge is -2.50. The van der Waals surface area contributed by atoms with Gasteiger partial charge in [0.05, 0.1) is 12.2 Å². The first-order chi connectivity index (χ1) is 17.1. The van der Waals surface area contributed by atoms with Crippen LogP contribution in [0, 0.1) is 0 Å². The van der Waals surface area contributed by atoms with E-state index in [1.807, 2.05) is 55.4 Å². The van der Waals surface area contributed by atoms with Crippen molar-refractivity contribution < 1.29 is 40.4 Å². The minimum absolute atomic E-state index is 0.245. The van der Waals surface area contributed by atoms with Gasteiger partial charge in [-0.1, -0.05) is 25.7 Å². The summed E-state index contributed by atoms with van der Waals surface area (Å²) in [6.07, 6.45) is 7.77. The SMILES string of the molecule is CC1(C)CC(O)CC(C)(C)N1O.CC1(C)CC(O)CC(C)(C)N1O.O=C(O)CCCCCCCCC(=O)O. The zero-order valence-electron chi connectivity index (χ0n) is 25.0. The number of carboxylic acid groups (broad SMARTS) is 2.